The van der Waals surface area contributed by atoms with Gasteiger partial charge < -0.3 is 10.2 Å². The van der Waals surface area contributed by atoms with Crippen molar-refractivity contribution in [3.05, 3.63) is 35.9 Å². The number of hydrogen-bond donors (Lipinski definition) is 1. The van der Waals surface area contributed by atoms with E-state index in [1.807, 2.05) is 0 Å². The van der Waals surface area contributed by atoms with Gasteiger partial charge in [-0.25, -0.2) is 0 Å². The van der Waals surface area contributed by atoms with Gasteiger partial charge in [0.15, 0.2) is 0 Å². The summed E-state index contributed by atoms with van der Waals surface area (Å²) in [7, 11) is 0. The monoisotopic (exact) mass is 366 g/mol. The third-order valence-corrected chi connectivity index (χ3v) is 5.27. The molecule has 0 saturated carbocycles. The molecule has 1 aromatic carbocycles. The fourth-order valence-corrected chi connectivity index (χ4v) is 3.60. The first-order chi connectivity index (χ1) is 11.5. The molecule has 3 nitrogen and oxygen atoms in total. The summed E-state index contributed by atoms with van der Waals surface area (Å²) in [5, 5.41) is 3.43. The van der Waals surface area contributed by atoms with E-state index < -0.39 is 0 Å². The van der Waals surface area contributed by atoms with Gasteiger partial charge in [-0.15, -0.1) is 12.4 Å². The number of rotatable bonds is 8. The Kier molecular flexibility index (Phi) is 9.52. The fourth-order valence-electron chi connectivity index (χ4n) is 3.60. The number of aryl methyl sites for hydroxylation is 1. The van der Waals surface area contributed by atoms with Gasteiger partial charge in [0.25, 0.3) is 0 Å². The molecular formula is C21H35ClN2O. The number of carbonyl (C=O) groups excluding carboxylic acids is 1. The van der Waals surface area contributed by atoms with E-state index >= 15 is 0 Å². The van der Waals surface area contributed by atoms with Gasteiger partial charge in [-0.1, -0.05) is 51.1 Å². The number of nitrogens with one attached hydrogen (secondary N) is 1. The van der Waals surface area contributed by atoms with Crippen LogP contribution in [-0.2, 0) is 11.2 Å². The van der Waals surface area contributed by atoms with Crippen LogP contribution in [0.3, 0.4) is 0 Å². The molecule has 0 bridgehead atoms. The SMILES string of the molecule is CCNCC1CCN(C(=O)C(C)(C)CCCc2ccccc2)CC1.Cl. The molecule has 0 spiro atoms. The average Bonchev–Trinajstić information content (AvgIpc) is 2.60. The van der Waals surface area contributed by atoms with E-state index in [0.717, 1.165) is 64.2 Å². The lowest BCUT2D eigenvalue weighted by atomic mass is 9.84. The van der Waals surface area contributed by atoms with E-state index in [9.17, 15) is 4.79 Å². The van der Waals surface area contributed by atoms with E-state index in [1.165, 1.54) is 5.56 Å². The Bertz CT molecular complexity index is 496. The second kappa shape index (κ2) is 10.8. The van der Waals surface area contributed by atoms with Crippen molar-refractivity contribution < 1.29 is 4.79 Å². The largest absolute Gasteiger partial charge is 0.342 e. The molecule has 0 aliphatic carbocycles. The Morgan fingerprint density at radius 1 is 1.20 bits per heavy atom. The summed E-state index contributed by atoms with van der Waals surface area (Å²) >= 11 is 0. The molecule has 1 N–H and O–H groups in total. The highest BCUT2D eigenvalue weighted by molar-refractivity contribution is 5.85. The van der Waals surface area contributed by atoms with E-state index in [1.54, 1.807) is 0 Å². The summed E-state index contributed by atoms with van der Waals surface area (Å²) < 4.78 is 0. The topological polar surface area (TPSA) is 32.3 Å². The number of hydrogen-bond acceptors (Lipinski definition) is 2. The summed E-state index contributed by atoms with van der Waals surface area (Å²) in [5.41, 5.74) is 1.12. The smallest absolute Gasteiger partial charge is 0.228 e. The third-order valence-electron chi connectivity index (χ3n) is 5.27. The van der Waals surface area contributed by atoms with E-state index in [2.05, 4.69) is 61.3 Å². The van der Waals surface area contributed by atoms with Gasteiger partial charge in [0.05, 0.1) is 0 Å². The molecule has 0 atom stereocenters. The van der Waals surface area contributed by atoms with E-state index in [0.29, 0.717) is 5.91 Å². The van der Waals surface area contributed by atoms with Crippen LogP contribution < -0.4 is 5.32 Å². The Morgan fingerprint density at radius 3 is 2.44 bits per heavy atom. The Balaban J connectivity index is 0.00000312. The molecule has 142 valence electrons. The molecule has 2 rings (SSSR count). The maximum Gasteiger partial charge on any atom is 0.228 e. The van der Waals surface area contributed by atoms with Crippen molar-refractivity contribution in [1.29, 1.82) is 0 Å². The van der Waals surface area contributed by atoms with Gasteiger partial charge in [-0.2, -0.15) is 0 Å². The predicted octanol–water partition coefficient (Wildman–Crippen LogP) is 4.31. The van der Waals surface area contributed by atoms with E-state index in [4.69, 9.17) is 0 Å². The van der Waals surface area contributed by atoms with Crippen LogP contribution in [-0.4, -0.2) is 37.0 Å². The van der Waals surface area contributed by atoms with Crippen LogP contribution in [0.4, 0.5) is 0 Å². The first-order valence-corrected chi connectivity index (χ1v) is 9.57. The summed E-state index contributed by atoms with van der Waals surface area (Å²) in [6.45, 7) is 10.4. The minimum Gasteiger partial charge on any atom is -0.342 e. The fraction of sp³-hybridized carbons (Fsp3) is 0.667. The highest BCUT2D eigenvalue weighted by Crippen LogP contribution is 2.28. The number of benzene rings is 1. The summed E-state index contributed by atoms with van der Waals surface area (Å²) in [4.78, 5) is 15.0. The van der Waals surface area contributed by atoms with Crippen LogP contribution in [0.15, 0.2) is 30.3 Å². The predicted molar refractivity (Wildman–Crippen MR) is 108 cm³/mol. The van der Waals surface area contributed by atoms with Gasteiger partial charge in [0.1, 0.15) is 0 Å². The molecular weight excluding hydrogens is 332 g/mol. The van der Waals surface area contributed by atoms with Crippen LogP contribution in [0.25, 0.3) is 0 Å². The molecule has 0 radical (unpaired) electrons. The molecule has 1 aliphatic heterocycles. The normalized spacial score (nSPS) is 15.7. The number of nitrogens with zero attached hydrogens (tertiary/aromatic N) is 1. The summed E-state index contributed by atoms with van der Waals surface area (Å²) in [5.74, 6) is 1.08. The lowest BCUT2D eigenvalue weighted by Gasteiger charge is -2.37. The maximum absolute atomic E-state index is 12.9. The van der Waals surface area contributed by atoms with Crippen molar-refractivity contribution in [3.8, 4) is 0 Å². The first kappa shape index (κ1) is 22.0. The Hall–Kier alpha value is -1.06. The number of carbonyl (C=O) groups is 1. The zero-order chi connectivity index (χ0) is 17.4. The van der Waals surface area contributed by atoms with Crippen LogP contribution in [0.5, 0.6) is 0 Å². The zero-order valence-electron chi connectivity index (χ0n) is 16.1. The van der Waals surface area contributed by atoms with Gasteiger partial charge in [0.2, 0.25) is 5.91 Å². The number of amides is 1. The number of piperidine rings is 1. The molecule has 1 amide bonds. The van der Waals surface area contributed by atoms with Crippen molar-refractivity contribution in [2.24, 2.45) is 11.3 Å². The van der Waals surface area contributed by atoms with Crippen LogP contribution >= 0.6 is 12.4 Å². The Morgan fingerprint density at radius 2 is 1.84 bits per heavy atom. The Labute approximate surface area is 160 Å². The molecule has 0 aromatic heterocycles. The second-order valence-electron chi connectivity index (χ2n) is 7.77. The molecule has 1 aromatic rings. The minimum atomic E-state index is -0.247. The van der Waals surface area contributed by atoms with Gasteiger partial charge in [0, 0.05) is 18.5 Å². The van der Waals surface area contributed by atoms with E-state index in [-0.39, 0.29) is 17.8 Å². The number of halogens is 1. The quantitative estimate of drug-likeness (QED) is 0.743. The second-order valence-corrected chi connectivity index (χ2v) is 7.77. The lowest BCUT2D eigenvalue weighted by Crippen LogP contribution is -2.46. The molecule has 4 heteroatoms. The third kappa shape index (κ3) is 6.99. The molecule has 0 unspecified atom stereocenters. The van der Waals surface area contributed by atoms with Crippen molar-refractivity contribution in [1.82, 2.24) is 10.2 Å². The molecule has 1 fully saturated rings. The average molecular weight is 367 g/mol. The van der Waals surface area contributed by atoms with Gasteiger partial charge >= 0.3 is 0 Å². The molecule has 1 saturated heterocycles. The summed E-state index contributed by atoms with van der Waals surface area (Å²) in [6, 6.07) is 10.6. The summed E-state index contributed by atoms with van der Waals surface area (Å²) in [6.07, 6.45) is 5.36. The standard InChI is InChI=1S/C21H34N2O.ClH/c1-4-22-17-19-12-15-23(16-13-19)20(24)21(2,3)14-8-11-18-9-6-5-7-10-18;/h5-7,9-10,19,22H,4,8,11-17H2,1-3H3;1H. The minimum absolute atomic E-state index is 0. The van der Waals surface area contributed by atoms with Gasteiger partial charge in [-0.05, 0) is 56.7 Å². The van der Waals surface area contributed by atoms with Gasteiger partial charge in [-0.3, -0.25) is 4.79 Å². The van der Waals surface area contributed by atoms with Crippen molar-refractivity contribution >= 4 is 18.3 Å². The number of likely N-dealkylation sites (tertiary alicyclic amines) is 1. The highest BCUT2D eigenvalue weighted by Gasteiger charge is 2.33. The van der Waals surface area contributed by atoms with Crippen LogP contribution in [0.2, 0.25) is 0 Å². The maximum atomic E-state index is 12.9. The molecule has 25 heavy (non-hydrogen) atoms. The van der Waals surface area contributed by atoms with Crippen LogP contribution in [0.1, 0.15) is 52.0 Å². The molecule has 1 heterocycles. The van der Waals surface area contributed by atoms with Crippen LogP contribution in [0, 0.1) is 11.3 Å². The first-order valence-electron chi connectivity index (χ1n) is 9.57. The molecule has 1 aliphatic rings. The van der Waals surface area contributed by atoms with Crippen molar-refractivity contribution in [3.63, 3.8) is 0 Å². The zero-order valence-corrected chi connectivity index (χ0v) is 16.9. The highest BCUT2D eigenvalue weighted by atomic mass is 35.5. The lowest BCUT2D eigenvalue weighted by molar-refractivity contribution is -0.142. The van der Waals surface area contributed by atoms with Crippen molar-refractivity contribution in [2.75, 3.05) is 26.2 Å². The van der Waals surface area contributed by atoms with Crippen molar-refractivity contribution in [2.45, 2.75) is 52.9 Å².